The molecule has 0 saturated heterocycles. The van der Waals surface area contributed by atoms with Gasteiger partial charge in [-0.2, -0.15) is 0 Å². The summed E-state index contributed by atoms with van der Waals surface area (Å²) in [5.41, 5.74) is 0. The van der Waals surface area contributed by atoms with E-state index in [1.807, 2.05) is 11.4 Å². The van der Waals surface area contributed by atoms with E-state index in [4.69, 9.17) is 4.52 Å². The molecule has 0 radical (unpaired) electrons. The molecule has 2 N–H and O–H groups in total. The third-order valence-electron chi connectivity index (χ3n) is 3.25. The number of carbonyl (C=O) groups excluding carboxylic acids is 3. The third-order valence-corrected chi connectivity index (χ3v) is 4.16. The number of Topliss-reactive ketones (excluding diaryl/α,β-unsaturated/α-hetero) is 1. The molecule has 0 aliphatic heterocycles. The van der Waals surface area contributed by atoms with Crippen molar-refractivity contribution in [3.63, 3.8) is 0 Å². The summed E-state index contributed by atoms with van der Waals surface area (Å²) in [5.74, 6) is 0.266. The van der Waals surface area contributed by atoms with Gasteiger partial charge in [0, 0.05) is 18.9 Å². The lowest BCUT2D eigenvalue weighted by molar-refractivity contribution is -0.126. The predicted molar refractivity (Wildman–Crippen MR) is 90.0 cm³/mol. The largest absolute Gasteiger partial charge is 0.360 e. The second-order valence-corrected chi connectivity index (χ2v) is 6.30. The van der Waals surface area contributed by atoms with Crippen molar-refractivity contribution in [3.8, 4) is 0 Å². The highest BCUT2D eigenvalue weighted by molar-refractivity contribution is 7.12. The first-order valence-corrected chi connectivity index (χ1v) is 8.44. The molecule has 7 nitrogen and oxygen atoms in total. The molecule has 0 aromatic carbocycles. The first-order chi connectivity index (χ1) is 11.5. The van der Waals surface area contributed by atoms with Gasteiger partial charge < -0.3 is 15.2 Å². The number of aryl methyl sites for hydroxylation is 1. The number of aromatic nitrogens is 1. The zero-order valence-corrected chi connectivity index (χ0v) is 14.3. The highest BCUT2D eigenvalue weighted by atomic mass is 32.1. The van der Waals surface area contributed by atoms with Gasteiger partial charge in [0.2, 0.25) is 11.8 Å². The lowest BCUT2D eigenvalue weighted by Gasteiger charge is -2.12. The van der Waals surface area contributed by atoms with E-state index in [9.17, 15) is 14.4 Å². The average molecular weight is 349 g/mol. The summed E-state index contributed by atoms with van der Waals surface area (Å²) in [6, 6.07) is 4.47. The van der Waals surface area contributed by atoms with E-state index >= 15 is 0 Å². The van der Waals surface area contributed by atoms with Gasteiger partial charge in [-0.05, 0) is 31.7 Å². The molecule has 2 rings (SSSR count). The monoisotopic (exact) mass is 349 g/mol. The van der Waals surface area contributed by atoms with Crippen LogP contribution >= 0.6 is 11.3 Å². The molecule has 1 atom stereocenters. The Morgan fingerprint density at radius 1 is 1.33 bits per heavy atom. The Morgan fingerprint density at radius 3 is 2.75 bits per heavy atom. The Morgan fingerprint density at radius 2 is 2.12 bits per heavy atom. The number of carbonyl (C=O) groups is 3. The summed E-state index contributed by atoms with van der Waals surface area (Å²) < 4.78 is 4.85. The first kappa shape index (κ1) is 17.9. The van der Waals surface area contributed by atoms with Gasteiger partial charge in [-0.1, -0.05) is 11.2 Å². The maximum atomic E-state index is 11.9. The Kier molecular flexibility index (Phi) is 6.25. The quantitative estimate of drug-likeness (QED) is 0.713. The number of hydrogen-bond acceptors (Lipinski definition) is 6. The second kappa shape index (κ2) is 8.39. The Bertz CT molecular complexity index is 709. The van der Waals surface area contributed by atoms with E-state index in [0.29, 0.717) is 29.3 Å². The molecule has 0 saturated carbocycles. The topological polar surface area (TPSA) is 101 Å². The molecule has 2 aromatic heterocycles. The number of hydrogen-bond donors (Lipinski definition) is 2. The summed E-state index contributed by atoms with van der Waals surface area (Å²) in [7, 11) is 0. The van der Waals surface area contributed by atoms with Gasteiger partial charge in [0.15, 0.2) is 11.6 Å². The average Bonchev–Trinajstić information content (AvgIpc) is 3.18. The maximum Gasteiger partial charge on any atom is 0.247 e. The molecular weight excluding hydrogens is 330 g/mol. The van der Waals surface area contributed by atoms with Crippen molar-refractivity contribution in [2.75, 3.05) is 5.32 Å². The highest BCUT2D eigenvalue weighted by Crippen LogP contribution is 2.13. The normalized spacial score (nSPS) is 11.8. The summed E-state index contributed by atoms with van der Waals surface area (Å²) in [5, 5.41) is 10.6. The SMILES string of the molecule is Cc1cc(NC(=O)[C@@H](C)NC(=O)CCCC(=O)c2cccs2)no1. The molecule has 0 unspecified atom stereocenters. The van der Waals surface area contributed by atoms with E-state index in [1.54, 1.807) is 26.0 Å². The Labute approximate surface area is 143 Å². The summed E-state index contributed by atoms with van der Waals surface area (Å²) in [4.78, 5) is 36.3. The van der Waals surface area contributed by atoms with Crippen LogP contribution in [0.5, 0.6) is 0 Å². The molecule has 0 aliphatic carbocycles. The predicted octanol–water partition coefficient (Wildman–Crippen LogP) is 2.54. The fourth-order valence-corrected chi connectivity index (χ4v) is 2.70. The Balaban J connectivity index is 1.69. The molecule has 0 bridgehead atoms. The summed E-state index contributed by atoms with van der Waals surface area (Å²) in [6.07, 6.45) is 0.948. The van der Waals surface area contributed by atoms with Crippen LogP contribution in [0.2, 0.25) is 0 Å². The number of thiophene rings is 1. The minimum absolute atomic E-state index is 0.0324. The van der Waals surface area contributed by atoms with Gasteiger partial charge in [0.25, 0.3) is 0 Å². The molecule has 0 aliphatic rings. The van der Waals surface area contributed by atoms with Gasteiger partial charge in [-0.25, -0.2) is 0 Å². The van der Waals surface area contributed by atoms with E-state index in [2.05, 4.69) is 15.8 Å². The Hall–Kier alpha value is -2.48. The number of ketones is 1. The molecular formula is C16H19N3O4S. The van der Waals surface area contributed by atoms with Crippen molar-refractivity contribution in [3.05, 3.63) is 34.2 Å². The van der Waals surface area contributed by atoms with Crippen molar-refractivity contribution < 1.29 is 18.9 Å². The van der Waals surface area contributed by atoms with Crippen LogP contribution in [0.4, 0.5) is 5.82 Å². The van der Waals surface area contributed by atoms with Crippen LogP contribution in [0.1, 0.15) is 41.6 Å². The zero-order valence-electron chi connectivity index (χ0n) is 13.5. The van der Waals surface area contributed by atoms with Crippen molar-refractivity contribution in [2.45, 2.75) is 39.2 Å². The lowest BCUT2D eigenvalue weighted by Crippen LogP contribution is -2.41. The van der Waals surface area contributed by atoms with Gasteiger partial charge >= 0.3 is 0 Å². The van der Waals surface area contributed by atoms with Crippen LogP contribution in [0.15, 0.2) is 28.1 Å². The minimum atomic E-state index is -0.706. The molecule has 0 fully saturated rings. The van der Waals surface area contributed by atoms with E-state index in [1.165, 1.54) is 11.3 Å². The third kappa shape index (κ3) is 5.31. The van der Waals surface area contributed by atoms with Crippen LogP contribution in [-0.2, 0) is 9.59 Å². The van der Waals surface area contributed by atoms with E-state index < -0.39 is 6.04 Å². The minimum Gasteiger partial charge on any atom is -0.360 e. The molecule has 2 heterocycles. The number of amides is 2. The number of anilines is 1. The fraction of sp³-hybridized carbons (Fsp3) is 0.375. The number of rotatable bonds is 8. The molecule has 0 spiro atoms. The highest BCUT2D eigenvalue weighted by Gasteiger charge is 2.17. The van der Waals surface area contributed by atoms with Crippen molar-refractivity contribution in [1.82, 2.24) is 10.5 Å². The molecule has 128 valence electrons. The van der Waals surface area contributed by atoms with Crippen LogP contribution in [0.3, 0.4) is 0 Å². The molecule has 2 aromatic rings. The van der Waals surface area contributed by atoms with Crippen LogP contribution in [0.25, 0.3) is 0 Å². The van der Waals surface area contributed by atoms with Crippen LogP contribution < -0.4 is 10.6 Å². The van der Waals surface area contributed by atoms with Gasteiger partial charge in [0.05, 0.1) is 4.88 Å². The van der Waals surface area contributed by atoms with E-state index in [-0.39, 0.29) is 24.0 Å². The van der Waals surface area contributed by atoms with Gasteiger partial charge in [-0.3, -0.25) is 14.4 Å². The number of nitrogens with zero attached hydrogens (tertiary/aromatic N) is 1. The lowest BCUT2D eigenvalue weighted by atomic mass is 10.1. The molecule has 8 heteroatoms. The van der Waals surface area contributed by atoms with Crippen molar-refractivity contribution in [2.24, 2.45) is 0 Å². The maximum absolute atomic E-state index is 11.9. The zero-order chi connectivity index (χ0) is 17.5. The molecule has 2 amide bonds. The second-order valence-electron chi connectivity index (χ2n) is 5.36. The smallest absolute Gasteiger partial charge is 0.247 e. The standard InChI is InChI=1S/C16H19N3O4S/c1-10-9-14(19-23-10)18-16(22)11(2)17-15(21)7-3-5-12(20)13-6-4-8-24-13/h4,6,8-9,11H,3,5,7H2,1-2H3,(H,17,21)(H,18,19,22)/t11-/m1/s1. The molecule has 24 heavy (non-hydrogen) atoms. The van der Waals surface area contributed by atoms with Crippen LogP contribution in [-0.4, -0.2) is 28.8 Å². The van der Waals surface area contributed by atoms with Crippen molar-refractivity contribution in [1.29, 1.82) is 0 Å². The van der Waals surface area contributed by atoms with Crippen molar-refractivity contribution >= 4 is 34.8 Å². The number of nitrogens with one attached hydrogen (secondary N) is 2. The first-order valence-electron chi connectivity index (χ1n) is 7.56. The van der Waals surface area contributed by atoms with Gasteiger partial charge in [0.1, 0.15) is 11.8 Å². The van der Waals surface area contributed by atoms with Crippen LogP contribution in [0, 0.1) is 6.92 Å². The van der Waals surface area contributed by atoms with Gasteiger partial charge in [-0.15, -0.1) is 11.3 Å². The van der Waals surface area contributed by atoms with E-state index in [0.717, 1.165) is 0 Å². The summed E-state index contributed by atoms with van der Waals surface area (Å²) in [6.45, 7) is 3.29. The fourth-order valence-electron chi connectivity index (χ4n) is 2.01. The summed E-state index contributed by atoms with van der Waals surface area (Å²) >= 11 is 1.39.